The molecular weight excluding hydrogens is 274 g/mol. The van der Waals surface area contributed by atoms with Crippen LogP contribution in [0.5, 0.6) is 0 Å². The number of anilines is 1. The van der Waals surface area contributed by atoms with Gasteiger partial charge in [0.15, 0.2) is 0 Å². The fraction of sp³-hybridized carbons (Fsp3) is 0.643. The first-order chi connectivity index (χ1) is 9.46. The summed E-state index contributed by atoms with van der Waals surface area (Å²) in [7, 11) is -3.49. The largest absolute Gasteiger partial charge is 0.369 e. The zero-order valence-electron chi connectivity index (χ0n) is 12.3. The molecule has 2 unspecified atom stereocenters. The van der Waals surface area contributed by atoms with E-state index in [0.29, 0.717) is 24.8 Å². The molecule has 1 aromatic heterocycles. The first-order valence-electron chi connectivity index (χ1n) is 7.17. The molecule has 0 spiro atoms. The second-order valence-corrected chi connectivity index (χ2v) is 7.35. The van der Waals surface area contributed by atoms with Gasteiger partial charge in [-0.3, -0.25) is 0 Å². The second-order valence-electron chi connectivity index (χ2n) is 5.49. The monoisotopic (exact) mass is 297 g/mol. The molecule has 112 valence electrons. The SMILES string of the molecule is CCNc1ncccc1S(=O)(=O)N1CC(C)CCC1C. The van der Waals surface area contributed by atoms with Crippen molar-refractivity contribution >= 4 is 15.8 Å². The highest BCUT2D eigenvalue weighted by molar-refractivity contribution is 7.89. The Morgan fingerprint density at radius 2 is 2.15 bits per heavy atom. The lowest BCUT2D eigenvalue weighted by Crippen LogP contribution is -2.45. The third kappa shape index (κ3) is 2.96. The fourth-order valence-corrected chi connectivity index (χ4v) is 4.51. The summed E-state index contributed by atoms with van der Waals surface area (Å²) in [6.45, 7) is 7.24. The number of nitrogens with one attached hydrogen (secondary N) is 1. The van der Waals surface area contributed by atoms with Gasteiger partial charge in [0, 0.05) is 25.3 Å². The van der Waals surface area contributed by atoms with E-state index in [1.807, 2.05) is 13.8 Å². The van der Waals surface area contributed by atoms with Crippen molar-refractivity contribution in [2.24, 2.45) is 5.92 Å². The van der Waals surface area contributed by atoms with Crippen LogP contribution in [0.4, 0.5) is 5.82 Å². The van der Waals surface area contributed by atoms with Gasteiger partial charge in [0.05, 0.1) is 0 Å². The zero-order valence-corrected chi connectivity index (χ0v) is 13.2. The van der Waals surface area contributed by atoms with Gasteiger partial charge in [0.25, 0.3) is 0 Å². The number of hydrogen-bond acceptors (Lipinski definition) is 4. The molecule has 0 bridgehead atoms. The van der Waals surface area contributed by atoms with Crippen LogP contribution in [0.3, 0.4) is 0 Å². The van der Waals surface area contributed by atoms with E-state index in [-0.39, 0.29) is 10.9 Å². The molecule has 0 aliphatic carbocycles. The number of rotatable bonds is 4. The summed E-state index contributed by atoms with van der Waals surface area (Å²) in [5.41, 5.74) is 0. The van der Waals surface area contributed by atoms with E-state index in [1.165, 1.54) is 0 Å². The summed E-state index contributed by atoms with van der Waals surface area (Å²) in [5, 5.41) is 3.03. The predicted octanol–water partition coefficient (Wildman–Crippen LogP) is 2.32. The minimum absolute atomic E-state index is 0.0471. The summed E-state index contributed by atoms with van der Waals surface area (Å²) in [6.07, 6.45) is 3.61. The van der Waals surface area contributed by atoms with Crippen LogP contribution in [0.15, 0.2) is 23.2 Å². The number of hydrogen-bond donors (Lipinski definition) is 1. The number of nitrogens with zero attached hydrogens (tertiary/aromatic N) is 2. The highest BCUT2D eigenvalue weighted by Gasteiger charge is 2.35. The first-order valence-corrected chi connectivity index (χ1v) is 8.61. The highest BCUT2D eigenvalue weighted by atomic mass is 32.2. The Morgan fingerprint density at radius 1 is 1.40 bits per heavy atom. The standard InChI is InChI=1S/C14H23N3O2S/c1-4-15-14-13(6-5-9-16-14)20(18,19)17-10-11(2)7-8-12(17)3/h5-6,9,11-12H,4,7-8,10H2,1-3H3,(H,15,16). The molecule has 1 fully saturated rings. The van der Waals surface area contributed by atoms with Crippen molar-refractivity contribution in [2.75, 3.05) is 18.4 Å². The van der Waals surface area contributed by atoms with Gasteiger partial charge in [-0.25, -0.2) is 13.4 Å². The maximum atomic E-state index is 12.9. The van der Waals surface area contributed by atoms with Crippen molar-refractivity contribution in [1.82, 2.24) is 9.29 Å². The fourth-order valence-electron chi connectivity index (χ4n) is 2.61. The molecule has 1 saturated heterocycles. The van der Waals surface area contributed by atoms with Crippen molar-refractivity contribution < 1.29 is 8.42 Å². The molecule has 5 nitrogen and oxygen atoms in total. The van der Waals surface area contributed by atoms with Crippen LogP contribution >= 0.6 is 0 Å². The first kappa shape index (κ1) is 15.3. The van der Waals surface area contributed by atoms with Crippen LogP contribution in [0.2, 0.25) is 0 Å². The van der Waals surface area contributed by atoms with Gasteiger partial charge in [0.1, 0.15) is 10.7 Å². The van der Waals surface area contributed by atoms with Gasteiger partial charge < -0.3 is 5.32 Å². The summed E-state index contributed by atoms with van der Waals surface area (Å²) in [6, 6.07) is 3.35. The quantitative estimate of drug-likeness (QED) is 0.926. The van der Waals surface area contributed by atoms with Gasteiger partial charge in [-0.2, -0.15) is 4.31 Å². The maximum absolute atomic E-state index is 12.9. The Labute approximate surface area is 121 Å². The third-order valence-corrected chi connectivity index (χ3v) is 5.77. The average molecular weight is 297 g/mol. The van der Waals surface area contributed by atoms with E-state index in [4.69, 9.17) is 0 Å². The zero-order chi connectivity index (χ0) is 14.8. The summed E-state index contributed by atoms with van der Waals surface area (Å²) >= 11 is 0. The smallest absolute Gasteiger partial charge is 0.246 e. The normalized spacial score (nSPS) is 24.6. The minimum atomic E-state index is -3.49. The highest BCUT2D eigenvalue weighted by Crippen LogP contribution is 2.30. The molecule has 1 N–H and O–H groups in total. The van der Waals surface area contributed by atoms with Crippen LogP contribution in [0.25, 0.3) is 0 Å². The van der Waals surface area contributed by atoms with Crippen molar-refractivity contribution in [1.29, 1.82) is 0 Å². The molecule has 0 radical (unpaired) electrons. The maximum Gasteiger partial charge on any atom is 0.246 e. The van der Waals surface area contributed by atoms with Crippen LogP contribution in [0.1, 0.15) is 33.6 Å². The van der Waals surface area contributed by atoms with E-state index < -0.39 is 10.0 Å². The van der Waals surface area contributed by atoms with Crippen molar-refractivity contribution in [2.45, 2.75) is 44.6 Å². The third-order valence-electron chi connectivity index (χ3n) is 3.76. The molecule has 20 heavy (non-hydrogen) atoms. The van der Waals surface area contributed by atoms with Crippen LogP contribution in [-0.2, 0) is 10.0 Å². The van der Waals surface area contributed by atoms with E-state index in [2.05, 4.69) is 17.2 Å². The van der Waals surface area contributed by atoms with E-state index in [0.717, 1.165) is 12.8 Å². The molecule has 0 amide bonds. The van der Waals surface area contributed by atoms with Gasteiger partial charge >= 0.3 is 0 Å². The molecule has 0 saturated carbocycles. The van der Waals surface area contributed by atoms with Crippen molar-refractivity contribution in [3.05, 3.63) is 18.3 Å². The van der Waals surface area contributed by atoms with Gasteiger partial charge in [-0.15, -0.1) is 0 Å². The molecule has 1 aliphatic heterocycles. The summed E-state index contributed by atoms with van der Waals surface area (Å²) < 4.78 is 27.4. The van der Waals surface area contributed by atoms with Crippen molar-refractivity contribution in [3.8, 4) is 0 Å². The molecular formula is C14H23N3O2S. The predicted molar refractivity (Wildman–Crippen MR) is 80.2 cm³/mol. The Balaban J connectivity index is 2.39. The molecule has 2 rings (SSSR count). The lowest BCUT2D eigenvalue weighted by molar-refractivity contribution is 0.218. The lowest BCUT2D eigenvalue weighted by Gasteiger charge is -2.35. The summed E-state index contributed by atoms with van der Waals surface area (Å²) in [4.78, 5) is 4.44. The minimum Gasteiger partial charge on any atom is -0.369 e. The van der Waals surface area contributed by atoms with E-state index >= 15 is 0 Å². The molecule has 6 heteroatoms. The van der Waals surface area contributed by atoms with Crippen LogP contribution < -0.4 is 5.32 Å². The topological polar surface area (TPSA) is 62.3 Å². The second kappa shape index (κ2) is 6.10. The molecule has 0 aromatic carbocycles. The molecule has 1 aromatic rings. The Kier molecular flexibility index (Phi) is 4.65. The number of aromatic nitrogens is 1. The number of pyridine rings is 1. The van der Waals surface area contributed by atoms with E-state index in [9.17, 15) is 8.42 Å². The lowest BCUT2D eigenvalue weighted by atomic mass is 9.97. The Morgan fingerprint density at radius 3 is 2.85 bits per heavy atom. The number of sulfonamides is 1. The molecule has 2 atom stereocenters. The average Bonchev–Trinajstić information content (AvgIpc) is 2.42. The molecule has 1 aliphatic rings. The van der Waals surface area contributed by atoms with Crippen LogP contribution in [-0.4, -0.2) is 36.8 Å². The van der Waals surface area contributed by atoms with Crippen molar-refractivity contribution in [3.63, 3.8) is 0 Å². The Bertz CT molecular complexity index is 559. The van der Waals surface area contributed by atoms with E-state index in [1.54, 1.807) is 22.6 Å². The van der Waals surface area contributed by atoms with Gasteiger partial charge in [-0.05, 0) is 44.7 Å². The van der Waals surface area contributed by atoms with Crippen LogP contribution in [0, 0.1) is 5.92 Å². The molecule has 2 heterocycles. The Hall–Kier alpha value is -1.14. The van der Waals surface area contributed by atoms with Gasteiger partial charge in [0.2, 0.25) is 10.0 Å². The number of piperidine rings is 1. The van der Waals surface area contributed by atoms with Gasteiger partial charge in [-0.1, -0.05) is 6.92 Å². The summed E-state index contributed by atoms with van der Waals surface area (Å²) in [5.74, 6) is 0.848.